The van der Waals surface area contributed by atoms with Crippen molar-refractivity contribution in [2.75, 3.05) is 12.0 Å². The van der Waals surface area contributed by atoms with Gasteiger partial charge in [0, 0.05) is 17.1 Å². The van der Waals surface area contributed by atoms with Gasteiger partial charge in [0.2, 0.25) is 0 Å². The summed E-state index contributed by atoms with van der Waals surface area (Å²) in [6.07, 6.45) is 8.11. The number of thioether (sulfide) groups is 1. The number of carbonyl (C=O) groups is 2. The number of rotatable bonds is 9. The number of amides is 1. The number of carboxylic acids is 1. The van der Waals surface area contributed by atoms with Gasteiger partial charge in [0.1, 0.15) is 6.04 Å². The molecule has 0 saturated heterocycles. The summed E-state index contributed by atoms with van der Waals surface area (Å²) in [6, 6.07) is 22.6. The van der Waals surface area contributed by atoms with Crippen LogP contribution >= 0.6 is 11.8 Å². The minimum atomic E-state index is -1.03. The third kappa shape index (κ3) is 7.14. The van der Waals surface area contributed by atoms with Gasteiger partial charge in [0.25, 0.3) is 5.91 Å². The number of carbonyl (C=O) groups excluding carboxylic acids is 1. The zero-order chi connectivity index (χ0) is 25.5. The molecule has 1 heterocycles. The number of benzene rings is 3. The summed E-state index contributed by atoms with van der Waals surface area (Å²) in [7, 11) is 0. The first kappa shape index (κ1) is 28.3. The standard InChI is InChI=1S/C30H28N2O3S.Li.H/c1-20-7-3-5-9-24(20)26-18-21(11-12-22-17-23-8-4-6-10-27(23)31-19-22)13-14-25(26)29(33)32-28(30(34)35)15-16-36-2;;/h3-14,17-19,28H,15-16H2,1-2H3,(H,32,33)(H,34,35);;/q;+1;-1/t28-;;/m0../s1. The third-order valence-corrected chi connectivity index (χ3v) is 6.66. The largest absolute Gasteiger partial charge is 1.00 e. The van der Waals surface area contributed by atoms with Crippen molar-refractivity contribution >= 4 is 46.7 Å². The number of hydrogen-bond acceptors (Lipinski definition) is 4. The molecule has 0 spiro atoms. The zero-order valence-corrected chi connectivity index (χ0v) is 22.1. The van der Waals surface area contributed by atoms with Crippen LogP contribution in [0, 0.1) is 6.92 Å². The third-order valence-electron chi connectivity index (χ3n) is 6.02. The second kappa shape index (κ2) is 13.3. The minimum absolute atomic E-state index is 0. The summed E-state index contributed by atoms with van der Waals surface area (Å²) >= 11 is 1.55. The summed E-state index contributed by atoms with van der Waals surface area (Å²) in [5.74, 6) is -0.774. The zero-order valence-electron chi connectivity index (χ0n) is 22.3. The number of nitrogens with zero attached hydrogens (tertiary/aromatic N) is 1. The summed E-state index contributed by atoms with van der Waals surface area (Å²) in [5.41, 5.74) is 6.03. The topological polar surface area (TPSA) is 79.3 Å². The summed E-state index contributed by atoms with van der Waals surface area (Å²) < 4.78 is 0. The Morgan fingerprint density at radius 3 is 2.49 bits per heavy atom. The average Bonchev–Trinajstić information content (AvgIpc) is 2.89. The van der Waals surface area contributed by atoms with Gasteiger partial charge in [-0.05, 0) is 77.4 Å². The number of nitrogens with one attached hydrogen (secondary N) is 1. The van der Waals surface area contributed by atoms with E-state index in [0.29, 0.717) is 17.7 Å². The smallest absolute Gasteiger partial charge is 1.00 e. The van der Waals surface area contributed by atoms with Crippen LogP contribution in [0.25, 0.3) is 34.2 Å². The molecule has 4 aromatic rings. The van der Waals surface area contributed by atoms with Crippen LogP contribution in [0.4, 0.5) is 0 Å². The molecule has 37 heavy (non-hydrogen) atoms. The molecule has 3 aromatic carbocycles. The van der Waals surface area contributed by atoms with E-state index in [1.165, 1.54) is 0 Å². The fourth-order valence-electron chi connectivity index (χ4n) is 4.06. The van der Waals surface area contributed by atoms with E-state index in [9.17, 15) is 14.7 Å². The van der Waals surface area contributed by atoms with Crippen molar-refractivity contribution in [3.05, 3.63) is 101 Å². The van der Waals surface area contributed by atoms with Gasteiger partial charge in [-0.1, -0.05) is 60.7 Å². The van der Waals surface area contributed by atoms with Crippen LogP contribution in [-0.2, 0) is 4.79 Å². The molecule has 1 aromatic heterocycles. The van der Waals surface area contributed by atoms with Gasteiger partial charge in [0.05, 0.1) is 5.52 Å². The maximum absolute atomic E-state index is 13.2. The molecular formula is C30H29LiN2O3S. The number of fused-ring (bicyclic) bond motifs is 1. The molecule has 0 saturated carbocycles. The molecule has 0 unspecified atom stereocenters. The van der Waals surface area contributed by atoms with Crippen LogP contribution in [0.5, 0.6) is 0 Å². The average molecular weight is 505 g/mol. The molecular weight excluding hydrogens is 475 g/mol. The number of aromatic nitrogens is 1. The Kier molecular flexibility index (Phi) is 10.2. The monoisotopic (exact) mass is 504 g/mol. The predicted molar refractivity (Wildman–Crippen MR) is 150 cm³/mol. The molecule has 184 valence electrons. The molecule has 1 amide bonds. The van der Waals surface area contributed by atoms with Crippen LogP contribution < -0.4 is 24.2 Å². The van der Waals surface area contributed by atoms with Crippen LogP contribution in [0.3, 0.4) is 0 Å². The fourth-order valence-corrected chi connectivity index (χ4v) is 4.53. The first-order valence-electron chi connectivity index (χ1n) is 11.7. The van der Waals surface area contributed by atoms with Crippen molar-refractivity contribution in [1.29, 1.82) is 0 Å². The number of aliphatic carboxylic acids is 1. The Morgan fingerprint density at radius 1 is 1.00 bits per heavy atom. The Balaban J connectivity index is 0.00000253. The summed E-state index contributed by atoms with van der Waals surface area (Å²) in [6.45, 7) is 2.00. The molecule has 7 heteroatoms. The Morgan fingerprint density at radius 2 is 1.73 bits per heavy atom. The molecule has 5 nitrogen and oxygen atoms in total. The number of aryl methyl sites for hydroxylation is 1. The molecule has 0 fully saturated rings. The fraction of sp³-hybridized carbons (Fsp3) is 0.167. The van der Waals surface area contributed by atoms with Gasteiger partial charge in [-0.15, -0.1) is 0 Å². The van der Waals surface area contributed by atoms with E-state index >= 15 is 0 Å². The Labute approximate surface area is 235 Å². The van der Waals surface area contributed by atoms with Crippen molar-refractivity contribution in [2.45, 2.75) is 19.4 Å². The Hall–Kier alpha value is -3.30. The van der Waals surface area contributed by atoms with E-state index in [-0.39, 0.29) is 20.3 Å². The van der Waals surface area contributed by atoms with Crippen LogP contribution in [0.1, 0.15) is 34.9 Å². The maximum atomic E-state index is 13.2. The molecule has 0 aliphatic rings. The van der Waals surface area contributed by atoms with E-state index in [1.54, 1.807) is 17.8 Å². The normalized spacial score (nSPS) is 11.7. The van der Waals surface area contributed by atoms with E-state index in [0.717, 1.165) is 38.7 Å². The van der Waals surface area contributed by atoms with Crippen molar-refractivity contribution in [3.8, 4) is 11.1 Å². The molecule has 2 N–H and O–H groups in total. The quantitative estimate of drug-likeness (QED) is 0.342. The van der Waals surface area contributed by atoms with Gasteiger partial charge in [-0.25, -0.2) is 4.79 Å². The molecule has 1 atom stereocenters. The summed E-state index contributed by atoms with van der Waals surface area (Å²) in [5, 5.41) is 13.4. The molecule has 4 rings (SSSR count). The first-order chi connectivity index (χ1) is 17.5. The SMILES string of the molecule is CSCC[C@H](NC(=O)c1ccc(C=Cc2cnc3ccccc3c2)cc1-c1ccccc1C)C(=O)O.[H-].[Li+]. The maximum Gasteiger partial charge on any atom is 1.00 e. The number of hydrogen-bond donors (Lipinski definition) is 2. The van der Waals surface area contributed by atoms with Gasteiger partial charge in [-0.3, -0.25) is 9.78 Å². The van der Waals surface area contributed by atoms with E-state index in [4.69, 9.17) is 0 Å². The van der Waals surface area contributed by atoms with E-state index in [1.807, 2.05) is 92.2 Å². The van der Waals surface area contributed by atoms with Crippen LogP contribution in [0.2, 0.25) is 0 Å². The van der Waals surface area contributed by atoms with Crippen molar-refractivity contribution in [2.24, 2.45) is 0 Å². The second-order valence-electron chi connectivity index (χ2n) is 8.56. The molecule has 0 aliphatic carbocycles. The van der Waals surface area contributed by atoms with E-state index in [2.05, 4.69) is 16.4 Å². The van der Waals surface area contributed by atoms with E-state index < -0.39 is 17.9 Å². The van der Waals surface area contributed by atoms with Gasteiger partial charge in [0.15, 0.2) is 0 Å². The molecule has 0 bridgehead atoms. The Bertz CT molecular complexity index is 1440. The predicted octanol–water partition coefficient (Wildman–Crippen LogP) is 3.43. The number of pyridine rings is 1. The molecule has 0 aliphatic heterocycles. The van der Waals surface area contributed by atoms with Gasteiger partial charge < -0.3 is 11.8 Å². The molecule has 0 radical (unpaired) electrons. The van der Waals surface area contributed by atoms with Gasteiger partial charge in [-0.2, -0.15) is 11.8 Å². The van der Waals surface area contributed by atoms with Crippen LogP contribution in [-0.4, -0.2) is 40.0 Å². The summed E-state index contributed by atoms with van der Waals surface area (Å²) in [4.78, 5) is 29.5. The first-order valence-corrected chi connectivity index (χ1v) is 13.1. The van der Waals surface area contributed by atoms with Gasteiger partial charge >= 0.3 is 24.8 Å². The van der Waals surface area contributed by atoms with Crippen LogP contribution in [0.15, 0.2) is 79.0 Å². The second-order valence-corrected chi connectivity index (χ2v) is 9.55. The van der Waals surface area contributed by atoms with Crippen molar-refractivity contribution in [3.63, 3.8) is 0 Å². The number of para-hydroxylation sites is 1. The number of carboxylic acid groups (broad SMARTS) is 1. The minimum Gasteiger partial charge on any atom is -1.00 e. The van der Waals surface area contributed by atoms with Crippen molar-refractivity contribution in [1.82, 2.24) is 10.3 Å². The van der Waals surface area contributed by atoms with Crippen molar-refractivity contribution < 1.29 is 35.0 Å².